The van der Waals surface area contributed by atoms with Gasteiger partial charge in [-0.2, -0.15) is 0 Å². The van der Waals surface area contributed by atoms with Crippen molar-refractivity contribution in [3.8, 4) is 0 Å². The molecule has 0 saturated carbocycles. The minimum Gasteiger partial charge on any atom is -0.550 e. The zero-order chi connectivity index (χ0) is 24.5. The Hall–Kier alpha value is 5.41. The van der Waals surface area contributed by atoms with Crippen molar-refractivity contribution in [1.29, 1.82) is 0 Å². The van der Waals surface area contributed by atoms with Gasteiger partial charge in [0.25, 0.3) is 0 Å². The fraction of sp³-hybridized carbons (Fsp3) is 0.737. The monoisotopic (exact) mass is 653 g/mol. The van der Waals surface area contributed by atoms with Gasteiger partial charge in [-0.3, -0.25) is 0 Å². The number of hydrogen-bond donors (Lipinski definition) is 0. The van der Waals surface area contributed by atoms with Gasteiger partial charge in [0.15, 0.2) is 0 Å². The number of carbonyl (C=O) groups excluding carboxylic acids is 5. The summed E-state index contributed by atoms with van der Waals surface area (Å²) in [6.07, 6.45) is -1.55. The molecular formula is C19H28K5N3O10. The molecule has 0 aliphatic carbocycles. The largest absolute Gasteiger partial charge is 1.00 e. The summed E-state index contributed by atoms with van der Waals surface area (Å²) in [5, 5.41) is 53.7. The first kappa shape index (κ1) is 54.9. The Bertz CT molecular complexity index is 570. The third-order valence-corrected chi connectivity index (χ3v) is 4.63. The molecule has 0 unspecified atom stereocenters. The minimum atomic E-state index is -1.30. The summed E-state index contributed by atoms with van der Waals surface area (Å²) in [6, 6.07) is 0. The molecule has 0 aliphatic heterocycles. The number of aliphatic carboxylic acids is 5. The van der Waals surface area contributed by atoms with Crippen LogP contribution in [-0.4, -0.2) is 103 Å². The molecule has 0 radical (unpaired) electrons. The molecule has 184 valence electrons. The molecule has 0 aromatic carbocycles. The molecule has 13 nitrogen and oxygen atoms in total. The van der Waals surface area contributed by atoms with Crippen LogP contribution >= 0.6 is 0 Å². The first-order valence-corrected chi connectivity index (χ1v) is 10.2. The fourth-order valence-electron chi connectivity index (χ4n) is 2.82. The minimum absolute atomic E-state index is 0. The number of hydrogen-bond acceptors (Lipinski definition) is 13. The average molecular weight is 654 g/mol. The SMILES string of the molecule is O=C([O-])CCN(CCC(=O)[O-])CCN(CCC(=O)[O-])CCN(CCC(=O)[O-])CCC(=O)[O-].[K+].[K+].[K+].[K+].[K+]. The van der Waals surface area contributed by atoms with Crippen molar-refractivity contribution < 1.29 is 306 Å². The van der Waals surface area contributed by atoms with E-state index in [1.165, 1.54) is 0 Å². The van der Waals surface area contributed by atoms with Gasteiger partial charge in [-0.1, -0.05) is 0 Å². The molecule has 0 atom stereocenters. The summed E-state index contributed by atoms with van der Waals surface area (Å²) in [7, 11) is 0. The normalized spacial score (nSPS) is 9.70. The van der Waals surface area contributed by atoms with E-state index in [0.717, 1.165) is 0 Å². The van der Waals surface area contributed by atoms with E-state index in [0.29, 0.717) is 0 Å². The molecule has 0 fully saturated rings. The molecule has 0 rings (SSSR count). The summed E-state index contributed by atoms with van der Waals surface area (Å²) < 4.78 is 0. The molecular weight excluding hydrogens is 626 g/mol. The Labute approximate surface area is 430 Å². The Balaban J connectivity index is -0.000000480. The van der Waals surface area contributed by atoms with E-state index in [9.17, 15) is 49.5 Å². The Morgan fingerprint density at radius 1 is 0.324 bits per heavy atom. The van der Waals surface area contributed by atoms with Crippen LogP contribution < -0.4 is 282 Å². The van der Waals surface area contributed by atoms with Crippen LogP contribution in [0.25, 0.3) is 0 Å². The second-order valence-electron chi connectivity index (χ2n) is 7.13. The molecule has 0 heterocycles. The quantitative estimate of drug-likeness (QED) is 0.106. The topological polar surface area (TPSA) is 210 Å². The Morgan fingerprint density at radius 3 is 0.595 bits per heavy atom. The molecule has 0 N–H and O–H groups in total. The van der Waals surface area contributed by atoms with Gasteiger partial charge in [0.05, 0.1) is 0 Å². The fourth-order valence-corrected chi connectivity index (χ4v) is 2.82. The second-order valence-corrected chi connectivity index (χ2v) is 7.13. The van der Waals surface area contributed by atoms with E-state index in [4.69, 9.17) is 0 Å². The van der Waals surface area contributed by atoms with Gasteiger partial charge in [-0.15, -0.1) is 0 Å². The molecule has 18 heteroatoms. The van der Waals surface area contributed by atoms with Crippen molar-refractivity contribution in [2.75, 3.05) is 58.9 Å². The number of carbonyl (C=O) groups is 5. The molecule has 0 aromatic rings. The molecule has 0 amide bonds. The van der Waals surface area contributed by atoms with Crippen LogP contribution in [0.3, 0.4) is 0 Å². The van der Waals surface area contributed by atoms with Crippen LogP contribution in [0.1, 0.15) is 32.1 Å². The molecule has 0 bridgehead atoms. The first-order valence-electron chi connectivity index (χ1n) is 10.2. The predicted molar refractivity (Wildman–Crippen MR) is 97.4 cm³/mol. The van der Waals surface area contributed by atoms with E-state index in [1.807, 2.05) is 0 Å². The smallest absolute Gasteiger partial charge is 0.550 e. The second kappa shape index (κ2) is 35.9. The van der Waals surface area contributed by atoms with Crippen LogP contribution in [0, 0.1) is 0 Å². The molecule has 0 spiro atoms. The van der Waals surface area contributed by atoms with Crippen molar-refractivity contribution >= 4 is 29.8 Å². The third kappa shape index (κ3) is 39.4. The zero-order valence-corrected chi connectivity index (χ0v) is 38.4. The van der Waals surface area contributed by atoms with Crippen molar-refractivity contribution in [2.45, 2.75) is 32.1 Å². The van der Waals surface area contributed by atoms with Gasteiger partial charge in [-0.25, -0.2) is 0 Å². The maximum atomic E-state index is 10.8. The number of carboxylic acid groups (broad SMARTS) is 5. The summed E-state index contributed by atoms with van der Waals surface area (Å²) in [4.78, 5) is 58.5. The number of nitrogens with zero attached hydrogens (tertiary/aromatic N) is 3. The Morgan fingerprint density at radius 2 is 0.459 bits per heavy atom. The molecule has 0 aliphatic rings. The predicted octanol–water partition coefficient (Wildman–Crippen LogP) is -22.4. The molecule has 0 aromatic heterocycles. The maximum absolute atomic E-state index is 10.8. The standard InChI is InChI=1S/C19H33N3O10.5K/c23-15(24)1-6-20(7-2-16(25)26)11-13-22(10-5-19(31)32)14-12-21(8-3-17(27)28)9-4-18(29)30;;;;;/h1-14H2,(H,23,24)(H,25,26)(H,27,28)(H,29,30)(H,31,32);;;;;/q;5*+1/p-5. The van der Waals surface area contributed by atoms with Gasteiger partial charge in [0, 0.05) is 88.7 Å². The van der Waals surface area contributed by atoms with Crippen LogP contribution in [0.5, 0.6) is 0 Å². The van der Waals surface area contributed by atoms with Crippen LogP contribution in [0.15, 0.2) is 0 Å². The van der Waals surface area contributed by atoms with Crippen LogP contribution in [0.4, 0.5) is 0 Å². The van der Waals surface area contributed by atoms with Crippen LogP contribution in [0.2, 0.25) is 0 Å². The summed E-state index contributed by atoms with van der Waals surface area (Å²) in [6.45, 7) is 1.18. The van der Waals surface area contributed by atoms with Gasteiger partial charge in [0.2, 0.25) is 0 Å². The average Bonchev–Trinajstić information content (AvgIpc) is 2.68. The summed E-state index contributed by atoms with van der Waals surface area (Å²) in [5.41, 5.74) is 0. The zero-order valence-electron chi connectivity index (χ0n) is 22.8. The third-order valence-electron chi connectivity index (χ3n) is 4.63. The number of carboxylic acids is 5. The van der Waals surface area contributed by atoms with E-state index in [-0.39, 0.29) is 348 Å². The van der Waals surface area contributed by atoms with Gasteiger partial charge in [0.1, 0.15) is 0 Å². The summed E-state index contributed by atoms with van der Waals surface area (Å²) in [5.74, 6) is -6.48. The molecule has 37 heavy (non-hydrogen) atoms. The number of rotatable bonds is 21. The van der Waals surface area contributed by atoms with E-state index in [2.05, 4.69) is 0 Å². The van der Waals surface area contributed by atoms with Gasteiger partial charge in [-0.05, 0) is 32.1 Å². The molecule has 0 saturated heterocycles. The van der Waals surface area contributed by atoms with Crippen molar-refractivity contribution in [3.63, 3.8) is 0 Å². The van der Waals surface area contributed by atoms with Crippen molar-refractivity contribution in [2.24, 2.45) is 0 Å². The van der Waals surface area contributed by atoms with E-state index < -0.39 is 29.8 Å². The van der Waals surface area contributed by atoms with E-state index in [1.54, 1.807) is 14.7 Å². The maximum Gasteiger partial charge on any atom is 1.00 e. The van der Waals surface area contributed by atoms with Crippen molar-refractivity contribution in [1.82, 2.24) is 14.7 Å². The van der Waals surface area contributed by atoms with Crippen LogP contribution in [-0.2, 0) is 24.0 Å². The first-order chi connectivity index (χ1) is 15.0. The Kier molecular flexibility index (Phi) is 53.2. The van der Waals surface area contributed by atoms with Gasteiger partial charge >= 0.3 is 257 Å². The van der Waals surface area contributed by atoms with E-state index >= 15 is 0 Å². The van der Waals surface area contributed by atoms with Gasteiger partial charge < -0.3 is 64.2 Å². The van der Waals surface area contributed by atoms with Crippen molar-refractivity contribution in [3.05, 3.63) is 0 Å². The summed E-state index contributed by atoms with van der Waals surface area (Å²) >= 11 is 0.